The molecule has 0 saturated carbocycles. The molecule has 1 saturated heterocycles. The van der Waals surface area contributed by atoms with E-state index < -0.39 is 0 Å². The van der Waals surface area contributed by atoms with Crippen molar-refractivity contribution in [2.45, 2.75) is 31.8 Å². The van der Waals surface area contributed by atoms with Crippen LogP contribution in [0.5, 0.6) is 0 Å². The van der Waals surface area contributed by atoms with Gasteiger partial charge in [-0.05, 0) is 84.4 Å². The standard InChI is InChI=1S/C27H25FN4S/c1-18(2)19-8-12-22(13-9-19)32-26(25(30-27(32)33)23-6-3-4-16-29-23)24-7-5-17-31(24)21-14-10-20(28)11-15-21/h3-18,25-26H,1-2H3,(H,30,33)/t25-,26+/m0/s1. The van der Waals surface area contributed by atoms with Crippen LogP contribution in [-0.2, 0) is 0 Å². The Balaban J connectivity index is 1.63. The highest BCUT2D eigenvalue weighted by molar-refractivity contribution is 7.80. The molecule has 1 fully saturated rings. The van der Waals surface area contributed by atoms with Gasteiger partial charge in [-0.2, -0.15) is 0 Å². The molecule has 1 aliphatic rings. The van der Waals surface area contributed by atoms with Crippen molar-refractivity contribution in [1.82, 2.24) is 14.9 Å². The van der Waals surface area contributed by atoms with Gasteiger partial charge in [-0.1, -0.05) is 32.0 Å². The molecule has 3 heterocycles. The van der Waals surface area contributed by atoms with Gasteiger partial charge in [-0.15, -0.1) is 0 Å². The Morgan fingerprint density at radius 3 is 2.30 bits per heavy atom. The van der Waals surface area contributed by atoms with Gasteiger partial charge in [0.25, 0.3) is 0 Å². The second kappa shape index (κ2) is 8.79. The molecule has 33 heavy (non-hydrogen) atoms. The Morgan fingerprint density at radius 1 is 0.909 bits per heavy atom. The SMILES string of the molecule is CC(C)c1ccc(N2C(=S)N[C@@H](c3ccccn3)[C@H]2c2cccn2-c2ccc(F)cc2)cc1. The molecule has 6 heteroatoms. The first-order chi connectivity index (χ1) is 16.0. The first-order valence-electron chi connectivity index (χ1n) is 11.1. The third kappa shape index (κ3) is 4.02. The van der Waals surface area contributed by atoms with Crippen molar-refractivity contribution in [1.29, 1.82) is 0 Å². The molecule has 4 aromatic rings. The van der Waals surface area contributed by atoms with E-state index in [4.69, 9.17) is 12.2 Å². The van der Waals surface area contributed by atoms with Crippen LogP contribution < -0.4 is 10.2 Å². The number of rotatable bonds is 5. The van der Waals surface area contributed by atoms with E-state index >= 15 is 0 Å². The van der Waals surface area contributed by atoms with Crippen molar-refractivity contribution in [2.24, 2.45) is 0 Å². The Morgan fingerprint density at radius 2 is 1.64 bits per heavy atom. The van der Waals surface area contributed by atoms with Gasteiger partial charge >= 0.3 is 0 Å². The number of thiocarbonyl (C=S) groups is 1. The van der Waals surface area contributed by atoms with E-state index in [0.717, 1.165) is 22.8 Å². The summed E-state index contributed by atoms with van der Waals surface area (Å²) in [7, 11) is 0. The van der Waals surface area contributed by atoms with Gasteiger partial charge in [0, 0.05) is 29.5 Å². The van der Waals surface area contributed by atoms with E-state index in [1.165, 1.54) is 17.7 Å². The summed E-state index contributed by atoms with van der Waals surface area (Å²) in [5.74, 6) is 0.199. The highest BCUT2D eigenvalue weighted by Crippen LogP contribution is 2.42. The summed E-state index contributed by atoms with van der Waals surface area (Å²) in [5, 5.41) is 4.16. The van der Waals surface area contributed by atoms with Crippen LogP contribution >= 0.6 is 12.2 Å². The van der Waals surface area contributed by atoms with Crippen LogP contribution in [0.25, 0.3) is 5.69 Å². The summed E-state index contributed by atoms with van der Waals surface area (Å²) >= 11 is 5.84. The third-order valence-electron chi connectivity index (χ3n) is 6.12. The van der Waals surface area contributed by atoms with Crippen LogP contribution in [0.3, 0.4) is 0 Å². The summed E-state index contributed by atoms with van der Waals surface area (Å²) < 4.78 is 15.7. The molecule has 2 aromatic carbocycles. The van der Waals surface area contributed by atoms with Crippen molar-refractivity contribution in [3.05, 3.63) is 114 Å². The van der Waals surface area contributed by atoms with Crippen molar-refractivity contribution in [3.8, 4) is 5.69 Å². The molecular weight excluding hydrogens is 431 g/mol. The van der Waals surface area contributed by atoms with E-state index in [9.17, 15) is 4.39 Å². The normalized spacial score (nSPS) is 18.1. The highest BCUT2D eigenvalue weighted by Gasteiger charge is 2.42. The number of hydrogen-bond donors (Lipinski definition) is 1. The minimum absolute atomic E-state index is 0.141. The average molecular weight is 457 g/mol. The molecule has 1 aliphatic heterocycles. The summed E-state index contributed by atoms with van der Waals surface area (Å²) in [6.45, 7) is 4.37. The average Bonchev–Trinajstić information content (AvgIpc) is 3.44. The number of hydrogen-bond acceptors (Lipinski definition) is 2. The quantitative estimate of drug-likeness (QED) is 0.357. The summed E-state index contributed by atoms with van der Waals surface area (Å²) in [5.41, 5.74) is 5.15. The smallest absolute Gasteiger partial charge is 0.174 e. The number of benzene rings is 2. The summed E-state index contributed by atoms with van der Waals surface area (Å²) in [4.78, 5) is 6.79. The molecule has 0 aliphatic carbocycles. The van der Waals surface area contributed by atoms with Crippen LogP contribution in [0, 0.1) is 5.82 Å². The second-order valence-corrected chi connectivity index (χ2v) is 8.91. The molecule has 0 bridgehead atoms. The molecular formula is C27H25FN4S. The van der Waals surface area contributed by atoms with E-state index in [-0.39, 0.29) is 17.9 Å². The van der Waals surface area contributed by atoms with Gasteiger partial charge < -0.3 is 14.8 Å². The molecule has 166 valence electrons. The molecule has 5 rings (SSSR count). The van der Waals surface area contributed by atoms with E-state index in [1.54, 1.807) is 18.3 Å². The van der Waals surface area contributed by atoms with Crippen molar-refractivity contribution < 1.29 is 4.39 Å². The molecule has 2 atom stereocenters. The Kier molecular flexibility index (Phi) is 5.68. The summed E-state index contributed by atoms with van der Waals surface area (Å²) in [6.07, 6.45) is 3.80. The lowest BCUT2D eigenvalue weighted by atomic mass is 9.99. The highest BCUT2D eigenvalue weighted by atomic mass is 32.1. The molecule has 0 unspecified atom stereocenters. The van der Waals surface area contributed by atoms with E-state index in [2.05, 4.69) is 63.9 Å². The van der Waals surface area contributed by atoms with Crippen LogP contribution in [0.15, 0.2) is 91.3 Å². The van der Waals surface area contributed by atoms with Gasteiger partial charge in [0.2, 0.25) is 0 Å². The lowest BCUT2D eigenvalue weighted by molar-refractivity contribution is 0.549. The van der Waals surface area contributed by atoms with Crippen LogP contribution in [0.1, 0.15) is 48.8 Å². The lowest BCUT2D eigenvalue weighted by Crippen LogP contribution is -2.30. The zero-order valence-electron chi connectivity index (χ0n) is 18.5. The van der Waals surface area contributed by atoms with E-state index in [1.807, 2.05) is 30.5 Å². The maximum absolute atomic E-state index is 13.6. The topological polar surface area (TPSA) is 33.1 Å². The molecule has 1 N–H and O–H groups in total. The van der Waals surface area contributed by atoms with Crippen molar-refractivity contribution in [2.75, 3.05) is 4.90 Å². The number of pyridine rings is 1. The fourth-order valence-electron chi connectivity index (χ4n) is 4.43. The van der Waals surface area contributed by atoms with Gasteiger partial charge in [-0.3, -0.25) is 4.98 Å². The first kappa shape index (κ1) is 21.3. The third-order valence-corrected chi connectivity index (χ3v) is 6.44. The number of anilines is 1. The Labute approximate surface area is 198 Å². The van der Waals surface area contributed by atoms with Gasteiger partial charge in [0.1, 0.15) is 11.9 Å². The summed E-state index contributed by atoms with van der Waals surface area (Å²) in [6, 6.07) is 24.9. The maximum Gasteiger partial charge on any atom is 0.174 e. The number of nitrogens with one attached hydrogen (secondary N) is 1. The zero-order chi connectivity index (χ0) is 22.9. The Hall–Kier alpha value is -3.51. The van der Waals surface area contributed by atoms with Crippen molar-refractivity contribution >= 4 is 23.0 Å². The predicted molar refractivity (Wildman–Crippen MR) is 134 cm³/mol. The van der Waals surface area contributed by atoms with Gasteiger partial charge in [0.15, 0.2) is 5.11 Å². The monoisotopic (exact) mass is 456 g/mol. The second-order valence-electron chi connectivity index (χ2n) is 8.52. The molecule has 0 amide bonds. The van der Waals surface area contributed by atoms with E-state index in [0.29, 0.717) is 11.0 Å². The van der Waals surface area contributed by atoms with Crippen LogP contribution in [0.2, 0.25) is 0 Å². The number of halogens is 1. The van der Waals surface area contributed by atoms with Crippen molar-refractivity contribution in [3.63, 3.8) is 0 Å². The van der Waals surface area contributed by atoms with Gasteiger partial charge in [0.05, 0.1) is 11.7 Å². The predicted octanol–water partition coefficient (Wildman–Crippen LogP) is 6.31. The largest absolute Gasteiger partial charge is 0.351 e. The molecule has 4 nitrogen and oxygen atoms in total. The van der Waals surface area contributed by atoms with Crippen LogP contribution in [-0.4, -0.2) is 14.7 Å². The minimum Gasteiger partial charge on any atom is -0.351 e. The number of aromatic nitrogens is 2. The zero-order valence-corrected chi connectivity index (χ0v) is 19.3. The molecule has 0 spiro atoms. The Bertz CT molecular complexity index is 1250. The number of nitrogens with zero attached hydrogens (tertiary/aromatic N) is 3. The molecule has 2 aromatic heterocycles. The fraction of sp³-hybridized carbons (Fsp3) is 0.185. The fourth-order valence-corrected chi connectivity index (χ4v) is 4.77. The van der Waals surface area contributed by atoms with Crippen LogP contribution in [0.4, 0.5) is 10.1 Å². The molecule has 0 radical (unpaired) electrons. The first-order valence-corrected chi connectivity index (χ1v) is 11.5. The van der Waals surface area contributed by atoms with Gasteiger partial charge in [-0.25, -0.2) is 4.39 Å². The minimum atomic E-state index is -0.255. The lowest BCUT2D eigenvalue weighted by Gasteiger charge is -2.29. The maximum atomic E-state index is 13.6.